The lowest BCUT2D eigenvalue weighted by Gasteiger charge is -2.09. The number of esters is 1. The molecule has 4 rings (SSSR count). The van der Waals surface area contributed by atoms with Gasteiger partial charge in [-0.05, 0) is 74.5 Å². The molecule has 0 heterocycles. The van der Waals surface area contributed by atoms with E-state index in [4.69, 9.17) is 4.74 Å². The average Bonchev–Trinajstić information content (AvgIpc) is 2.90. The number of hydrogen-bond acceptors (Lipinski definition) is 5. The average molecular weight is 570 g/mol. The highest BCUT2D eigenvalue weighted by atomic mass is 79.9. The molecule has 7 nitrogen and oxygen atoms in total. The van der Waals surface area contributed by atoms with Crippen molar-refractivity contribution in [2.24, 2.45) is 5.10 Å². The molecular weight excluding hydrogens is 546 g/mol. The molecule has 0 aliphatic carbocycles. The van der Waals surface area contributed by atoms with E-state index in [0.717, 1.165) is 15.6 Å². The number of rotatable bonds is 7. The fourth-order valence-electron chi connectivity index (χ4n) is 3.52. The maximum absolute atomic E-state index is 12.7. The van der Waals surface area contributed by atoms with Crippen LogP contribution < -0.4 is 15.5 Å². The zero-order valence-electron chi connectivity index (χ0n) is 20.7. The van der Waals surface area contributed by atoms with Gasteiger partial charge in [0.15, 0.2) is 0 Å². The van der Waals surface area contributed by atoms with Crippen LogP contribution in [0.3, 0.4) is 0 Å². The maximum atomic E-state index is 12.7. The van der Waals surface area contributed by atoms with E-state index in [1.54, 1.807) is 72.8 Å². The van der Waals surface area contributed by atoms with Crippen LogP contribution in [0.25, 0.3) is 0 Å². The molecule has 38 heavy (non-hydrogen) atoms. The van der Waals surface area contributed by atoms with Crippen molar-refractivity contribution in [3.63, 3.8) is 0 Å². The minimum atomic E-state index is -0.501. The highest BCUT2D eigenvalue weighted by molar-refractivity contribution is 9.10. The number of anilines is 1. The third kappa shape index (κ3) is 7.02. The SMILES string of the molecule is Cc1ccc(C(=O)Nc2cccc(C(=O)NN=Cc3cc(Br)ccc3OC(=O)c3cccc(C)c3)c2)cc1. The van der Waals surface area contributed by atoms with Crippen LogP contribution in [0.15, 0.2) is 101 Å². The second-order valence-electron chi connectivity index (χ2n) is 8.54. The van der Waals surface area contributed by atoms with Crippen LogP contribution in [0.2, 0.25) is 0 Å². The Bertz CT molecular complexity index is 1530. The summed E-state index contributed by atoms with van der Waals surface area (Å²) < 4.78 is 6.32. The number of amides is 2. The maximum Gasteiger partial charge on any atom is 0.343 e. The molecule has 4 aromatic carbocycles. The lowest BCUT2D eigenvalue weighted by atomic mass is 10.1. The number of carbonyl (C=O) groups excluding carboxylic acids is 3. The summed E-state index contributed by atoms with van der Waals surface area (Å²) in [6, 6.07) is 25.9. The van der Waals surface area contributed by atoms with Gasteiger partial charge >= 0.3 is 5.97 Å². The normalized spacial score (nSPS) is 10.7. The second kappa shape index (κ2) is 12.1. The van der Waals surface area contributed by atoms with Crippen LogP contribution >= 0.6 is 15.9 Å². The second-order valence-corrected chi connectivity index (χ2v) is 9.46. The van der Waals surface area contributed by atoms with E-state index in [2.05, 4.69) is 31.8 Å². The number of hydrogen-bond donors (Lipinski definition) is 2. The van der Waals surface area contributed by atoms with E-state index in [1.165, 1.54) is 6.21 Å². The van der Waals surface area contributed by atoms with Gasteiger partial charge in [-0.15, -0.1) is 0 Å². The molecule has 0 saturated heterocycles. The van der Waals surface area contributed by atoms with Gasteiger partial charge in [-0.1, -0.05) is 57.4 Å². The third-order valence-corrected chi connectivity index (χ3v) is 5.99. The summed E-state index contributed by atoms with van der Waals surface area (Å²) in [4.78, 5) is 37.8. The molecule has 0 aliphatic heterocycles. The van der Waals surface area contributed by atoms with Crippen molar-refractivity contribution in [3.05, 3.63) is 129 Å². The minimum Gasteiger partial charge on any atom is -0.422 e. The molecule has 8 heteroatoms. The summed E-state index contributed by atoms with van der Waals surface area (Å²) in [6.07, 6.45) is 1.39. The van der Waals surface area contributed by atoms with Crippen LogP contribution in [0.1, 0.15) is 47.8 Å². The minimum absolute atomic E-state index is 0.275. The molecule has 0 saturated carbocycles. The molecule has 4 aromatic rings. The molecule has 2 N–H and O–H groups in total. The lowest BCUT2D eigenvalue weighted by molar-refractivity contribution is 0.0733. The van der Waals surface area contributed by atoms with Crippen molar-refractivity contribution in [2.45, 2.75) is 13.8 Å². The molecular formula is C30H24BrN3O4. The Labute approximate surface area is 228 Å². The fraction of sp³-hybridized carbons (Fsp3) is 0.0667. The molecule has 0 bridgehead atoms. The number of benzene rings is 4. The monoisotopic (exact) mass is 569 g/mol. The van der Waals surface area contributed by atoms with Crippen LogP contribution in [0.5, 0.6) is 5.75 Å². The molecule has 0 aromatic heterocycles. The van der Waals surface area contributed by atoms with E-state index in [9.17, 15) is 14.4 Å². The van der Waals surface area contributed by atoms with E-state index < -0.39 is 11.9 Å². The number of halogens is 1. The fourth-order valence-corrected chi connectivity index (χ4v) is 3.89. The number of hydrazone groups is 1. The van der Waals surface area contributed by atoms with Gasteiger partial charge < -0.3 is 10.1 Å². The van der Waals surface area contributed by atoms with E-state index in [-0.39, 0.29) is 5.91 Å². The first-order valence-electron chi connectivity index (χ1n) is 11.7. The van der Waals surface area contributed by atoms with Crippen LogP contribution in [0.4, 0.5) is 5.69 Å². The molecule has 2 amide bonds. The first kappa shape index (κ1) is 26.5. The predicted octanol–water partition coefficient (Wildman–Crippen LogP) is 6.30. The number of nitrogens with one attached hydrogen (secondary N) is 2. The van der Waals surface area contributed by atoms with Crippen LogP contribution in [-0.4, -0.2) is 24.0 Å². The summed E-state index contributed by atoms with van der Waals surface area (Å²) in [5, 5.41) is 6.83. The predicted molar refractivity (Wildman–Crippen MR) is 151 cm³/mol. The summed E-state index contributed by atoms with van der Waals surface area (Å²) in [7, 11) is 0. The summed E-state index contributed by atoms with van der Waals surface area (Å²) in [6.45, 7) is 3.84. The Morgan fingerprint density at radius 1 is 0.763 bits per heavy atom. The molecule has 0 unspecified atom stereocenters. The molecule has 0 spiro atoms. The number of ether oxygens (including phenoxy) is 1. The first-order chi connectivity index (χ1) is 18.3. The molecule has 0 radical (unpaired) electrons. The number of aryl methyl sites for hydroxylation is 2. The van der Waals surface area contributed by atoms with Crippen molar-refractivity contribution in [2.75, 3.05) is 5.32 Å². The van der Waals surface area contributed by atoms with Gasteiger partial charge in [0.2, 0.25) is 0 Å². The smallest absolute Gasteiger partial charge is 0.343 e. The van der Waals surface area contributed by atoms with Gasteiger partial charge in [0.25, 0.3) is 11.8 Å². The van der Waals surface area contributed by atoms with E-state index in [1.807, 2.05) is 32.0 Å². The highest BCUT2D eigenvalue weighted by Crippen LogP contribution is 2.23. The highest BCUT2D eigenvalue weighted by Gasteiger charge is 2.13. The van der Waals surface area contributed by atoms with Gasteiger partial charge in [0, 0.05) is 26.9 Å². The van der Waals surface area contributed by atoms with Crippen molar-refractivity contribution in [3.8, 4) is 5.75 Å². The third-order valence-electron chi connectivity index (χ3n) is 5.49. The molecule has 0 fully saturated rings. The van der Waals surface area contributed by atoms with Gasteiger partial charge in [0.1, 0.15) is 5.75 Å². The van der Waals surface area contributed by atoms with Gasteiger partial charge in [-0.2, -0.15) is 5.10 Å². The number of nitrogens with zero attached hydrogens (tertiary/aromatic N) is 1. The standard InChI is InChI=1S/C30H24BrN3O4/c1-19-9-11-21(12-10-19)28(35)33-26-8-4-6-22(17-26)29(36)34-32-18-24-16-25(31)13-14-27(24)38-30(37)23-7-3-5-20(2)15-23/h3-18H,1-2H3,(H,33,35)(H,34,36). The largest absolute Gasteiger partial charge is 0.422 e. The van der Waals surface area contributed by atoms with Gasteiger partial charge in [-0.25, -0.2) is 10.2 Å². The quantitative estimate of drug-likeness (QED) is 0.118. The summed E-state index contributed by atoms with van der Waals surface area (Å²) >= 11 is 3.40. The summed E-state index contributed by atoms with van der Waals surface area (Å²) in [5.74, 6) is -0.957. The van der Waals surface area contributed by atoms with Gasteiger partial charge in [-0.3, -0.25) is 9.59 Å². The van der Waals surface area contributed by atoms with Crippen molar-refractivity contribution < 1.29 is 19.1 Å². The van der Waals surface area contributed by atoms with Crippen molar-refractivity contribution in [1.82, 2.24) is 5.43 Å². The number of carbonyl (C=O) groups is 3. The van der Waals surface area contributed by atoms with Crippen molar-refractivity contribution >= 4 is 45.6 Å². The van der Waals surface area contributed by atoms with Crippen molar-refractivity contribution in [1.29, 1.82) is 0 Å². The Morgan fingerprint density at radius 3 is 2.26 bits per heavy atom. The summed E-state index contributed by atoms with van der Waals surface area (Å²) in [5.41, 5.74) is 6.68. The molecule has 0 aliphatic rings. The van der Waals surface area contributed by atoms with Crippen LogP contribution in [0, 0.1) is 13.8 Å². The van der Waals surface area contributed by atoms with E-state index in [0.29, 0.717) is 33.7 Å². The Hall–Kier alpha value is -4.56. The van der Waals surface area contributed by atoms with Crippen LogP contribution in [-0.2, 0) is 0 Å². The Morgan fingerprint density at radius 2 is 1.50 bits per heavy atom. The Kier molecular flexibility index (Phi) is 8.45. The first-order valence-corrected chi connectivity index (χ1v) is 12.5. The zero-order valence-corrected chi connectivity index (χ0v) is 22.3. The van der Waals surface area contributed by atoms with E-state index >= 15 is 0 Å². The zero-order chi connectivity index (χ0) is 27.1. The molecule has 0 atom stereocenters. The Balaban J connectivity index is 1.43. The topological polar surface area (TPSA) is 96.9 Å². The van der Waals surface area contributed by atoms with Gasteiger partial charge in [0.05, 0.1) is 11.8 Å². The lowest BCUT2D eigenvalue weighted by Crippen LogP contribution is -2.18. The molecule has 190 valence electrons.